The molecule has 2 atom stereocenters. The number of para-hydroxylation sites is 1. The molecule has 2 aromatic carbocycles. The van der Waals surface area contributed by atoms with Gasteiger partial charge in [-0.15, -0.1) is 0 Å². The lowest BCUT2D eigenvalue weighted by Gasteiger charge is -2.25. The van der Waals surface area contributed by atoms with Crippen molar-refractivity contribution in [3.8, 4) is 11.3 Å². The fourth-order valence-electron chi connectivity index (χ4n) is 4.93. The Kier molecular flexibility index (Phi) is 10.7. The molecule has 1 aliphatic carbocycles. The van der Waals surface area contributed by atoms with Gasteiger partial charge in [-0.1, -0.05) is 83.9 Å². The summed E-state index contributed by atoms with van der Waals surface area (Å²) in [4.78, 5) is 12.2. The molecular weight excluding hydrogens is 390 g/mol. The van der Waals surface area contributed by atoms with E-state index in [1.807, 2.05) is 34.6 Å². The minimum Gasteiger partial charge on any atom is -0.344 e. The van der Waals surface area contributed by atoms with Crippen LogP contribution < -0.4 is 0 Å². The summed E-state index contributed by atoms with van der Waals surface area (Å²) in [5.41, 5.74) is 5.27. The zero-order chi connectivity index (χ0) is 23.5. The van der Waals surface area contributed by atoms with Crippen molar-refractivity contribution in [1.29, 1.82) is 0 Å². The van der Waals surface area contributed by atoms with E-state index in [0.717, 1.165) is 19.3 Å². The zero-order valence-electron chi connectivity index (χ0n) is 21.2. The third-order valence-corrected chi connectivity index (χ3v) is 6.63. The first-order chi connectivity index (χ1) is 15.7. The Morgan fingerprint density at radius 2 is 1.59 bits per heavy atom. The lowest BCUT2D eigenvalue weighted by atomic mass is 9.80. The number of carbonyl (C=O) groups excluding carboxylic acids is 1. The number of hydrogen-bond donors (Lipinski definition) is 0. The molecule has 174 valence electrons. The highest BCUT2D eigenvalue weighted by Gasteiger charge is 2.22. The molecule has 1 heterocycles. The smallest absolute Gasteiger partial charge is 0.135 e. The number of nitrogens with zero attached hydrogens (tertiary/aromatic N) is 1. The minimum atomic E-state index is 0.286. The molecule has 2 heteroatoms. The Hall–Kier alpha value is -2.35. The molecule has 1 aromatic heterocycles. The number of Topliss-reactive ketones (excluding diaryl/α,β-unsaturated/α-hetero) is 1. The first-order valence-corrected chi connectivity index (χ1v) is 12.8. The van der Waals surface area contributed by atoms with Crippen molar-refractivity contribution in [1.82, 2.24) is 4.57 Å². The van der Waals surface area contributed by atoms with E-state index in [1.54, 1.807) is 0 Å². The molecule has 2 unspecified atom stereocenters. The number of benzene rings is 2. The van der Waals surface area contributed by atoms with E-state index in [-0.39, 0.29) is 5.92 Å². The first kappa shape index (κ1) is 25.9. The van der Waals surface area contributed by atoms with E-state index in [2.05, 4.69) is 66.2 Å². The van der Waals surface area contributed by atoms with Crippen molar-refractivity contribution in [2.75, 3.05) is 0 Å². The molecule has 4 rings (SSSR count). The minimum absolute atomic E-state index is 0.286. The van der Waals surface area contributed by atoms with Gasteiger partial charge in [-0.3, -0.25) is 4.79 Å². The van der Waals surface area contributed by atoms with E-state index in [1.165, 1.54) is 47.0 Å². The maximum atomic E-state index is 12.2. The summed E-state index contributed by atoms with van der Waals surface area (Å²) in [7, 11) is 2.15. The normalized spacial score (nSPS) is 18.4. The average molecular weight is 434 g/mol. The Balaban J connectivity index is 0.000000860. The van der Waals surface area contributed by atoms with Gasteiger partial charge < -0.3 is 4.57 Å². The van der Waals surface area contributed by atoms with Gasteiger partial charge in [0, 0.05) is 36.0 Å². The molecule has 0 spiro atoms. The lowest BCUT2D eigenvalue weighted by Crippen LogP contribution is -2.17. The maximum Gasteiger partial charge on any atom is 0.135 e. The molecule has 0 saturated heterocycles. The van der Waals surface area contributed by atoms with Crippen LogP contribution in [-0.2, 0) is 11.8 Å². The Labute approximate surface area is 196 Å². The van der Waals surface area contributed by atoms with Crippen LogP contribution in [0.15, 0.2) is 54.6 Å². The van der Waals surface area contributed by atoms with Crippen LogP contribution in [0.25, 0.3) is 22.2 Å². The summed E-state index contributed by atoms with van der Waals surface area (Å²) in [6.45, 7) is 10.0. The fraction of sp³-hybridized carbons (Fsp3) is 0.500. The summed E-state index contributed by atoms with van der Waals surface area (Å²) < 4.78 is 2.29. The van der Waals surface area contributed by atoms with Gasteiger partial charge in [0.25, 0.3) is 0 Å². The van der Waals surface area contributed by atoms with Gasteiger partial charge in [-0.25, -0.2) is 0 Å². The van der Waals surface area contributed by atoms with E-state index in [0.29, 0.717) is 18.1 Å². The second-order valence-electron chi connectivity index (χ2n) is 8.35. The summed E-state index contributed by atoms with van der Waals surface area (Å²) in [6.07, 6.45) is 7.63. The molecule has 1 aliphatic rings. The van der Waals surface area contributed by atoms with E-state index in [9.17, 15) is 4.79 Å². The van der Waals surface area contributed by atoms with Gasteiger partial charge in [0.05, 0.1) is 0 Å². The Bertz CT molecular complexity index is 968. The molecule has 32 heavy (non-hydrogen) atoms. The average Bonchev–Trinajstić information content (AvgIpc) is 3.18. The molecule has 0 N–H and O–H groups in total. The van der Waals surface area contributed by atoms with Crippen LogP contribution in [0, 0.1) is 5.92 Å². The highest BCUT2D eigenvalue weighted by Crippen LogP contribution is 2.36. The van der Waals surface area contributed by atoms with Crippen molar-refractivity contribution in [2.24, 2.45) is 13.0 Å². The van der Waals surface area contributed by atoms with Gasteiger partial charge in [-0.05, 0) is 60.9 Å². The van der Waals surface area contributed by atoms with Crippen molar-refractivity contribution < 1.29 is 4.79 Å². The van der Waals surface area contributed by atoms with Crippen molar-refractivity contribution in [3.63, 3.8) is 0 Å². The number of carbonyl (C=O) groups is 1. The van der Waals surface area contributed by atoms with E-state index < -0.39 is 0 Å². The monoisotopic (exact) mass is 433 g/mol. The summed E-state index contributed by atoms with van der Waals surface area (Å²) in [5.74, 6) is 1.32. The molecule has 0 amide bonds. The third-order valence-electron chi connectivity index (χ3n) is 6.63. The number of ketones is 1. The van der Waals surface area contributed by atoms with Crippen LogP contribution in [0.5, 0.6) is 0 Å². The van der Waals surface area contributed by atoms with Crippen LogP contribution in [-0.4, -0.2) is 10.4 Å². The van der Waals surface area contributed by atoms with Crippen molar-refractivity contribution in [3.05, 3.63) is 60.2 Å². The largest absolute Gasteiger partial charge is 0.344 e. The summed E-state index contributed by atoms with van der Waals surface area (Å²) in [5, 5.41) is 1.29. The highest BCUT2D eigenvalue weighted by atomic mass is 16.1. The van der Waals surface area contributed by atoms with Crippen LogP contribution in [0.3, 0.4) is 0 Å². The van der Waals surface area contributed by atoms with Gasteiger partial charge in [0.2, 0.25) is 0 Å². The van der Waals surface area contributed by atoms with Gasteiger partial charge in [0.15, 0.2) is 0 Å². The predicted molar refractivity (Wildman–Crippen MR) is 140 cm³/mol. The van der Waals surface area contributed by atoms with Gasteiger partial charge >= 0.3 is 0 Å². The Morgan fingerprint density at radius 1 is 0.875 bits per heavy atom. The molecule has 3 aromatic rings. The van der Waals surface area contributed by atoms with Crippen molar-refractivity contribution >= 4 is 16.7 Å². The number of aromatic nitrogens is 1. The zero-order valence-corrected chi connectivity index (χ0v) is 21.2. The first-order valence-electron chi connectivity index (χ1n) is 12.8. The second kappa shape index (κ2) is 13.3. The van der Waals surface area contributed by atoms with Crippen LogP contribution >= 0.6 is 0 Å². The van der Waals surface area contributed by atoms with Crippen LogP contribution in [0.2, 0.25) is 0 Å². The van der Waals surface area contributed by atoms with E-state index >= 15 is 0 Å². The Morgan fingerprint density at radius 3 is 2.31 bits per heavy atom. The van der Waals surface area contributed by atoms with E-state index in [4.69, 9.17) is 0 Å². The number of aryl methyl sites for hydroxylation is 1. The molecule has 0 radical (unpaired) electrons. The maximum absolute atomic E-state index is 12.2. The molecule has 0 aliphatic heterocycles. The fourth-order valence-corrected chi connectivity index (χ4v) is 4.93. The topological polar surface area (TPSA) is 22.0 Å². The molecule has 2 nitrogen and oxygen atoms in total. The van der Waals surface area contributed by atoms with Crippen LogP contribution in [0.4, 0.5) is 0 Å². The molecule has 0 bridgehead atoms. The second-order valence-corrected chi connectivity index (χ2v) is 8.35. The van der Waals surface area contributed by atoms with Crippen LogP contribution in [0.1, 0.15) is 91.0 Å². The number of hydrogen-bond acceptors (Lipinski definition) is 1. The van der Waals surface area contributed by atoms with Crippen molar-refractivity contribution in [2.45, 2.75) is 85.5 Å². The van der Waals surface area contributed by atoms with Gasteiger partial charge in [-0.2, -0.15) is 0 Å². The summed E-state index contributed by atoms with van der Waals surface area (Å²) >= 11 is 0. The quantitative estimate of drug-likeness (QED) is 0.402. The lowest BCUT2D eigenvalue weighted by molar-refractivity contribution is -0.123. The number of fused-ring (bicyclic) bond motifs is 1. The third kappa shape index (κ3) is 6.12. The number of rotatable bonds is 4. The standard InChI is InChI=1S/C26H31NO.2C2H6/c1-3-26(28)20-10-5-4-9-19(15-16-20)21-12-8-13-22(17-21)25-18-23-11-6-7-14-24(23)27(25)2;2*1-2/h6-8,11-14,17-20H,3-5,9-10,15-16H2,1-2H3;2*1-2H3. The predicted octanol–water partition coefficient (Wildman–Crippen LogP) is 8.93. The molecule has 1 fully saturated rings. The van der Waals surface area contributed by atoms with Gasteiger partial charge in [0.1, 0.15) is 5.78 Å². The highest BCUT2D eigenvalue weighted by molar-refractivity contribution is 5.87. The molecule has 1 saturated carbocycles. The summed E-state index contributed by atoms with van der Waals surface area (Å²) in [6, 6.07) is 20.0. The molecular formula is C30H43NO. The SMILES string of the molecule is CC.CC.CCC(=O)C1CCCCC(c2cccc(-c3cc4ccccc4n3C)c2)CC1.